The highest BCUT2D eigenvalue weighted by atomic mass is 16.5. The molecule has 21 heavy (non-hydrogen) atoms. The van der Waals surface area contributed by atoms with E-state index in [0.717, 1.165) is 12.0 Å². The average Bonchev–Trinajstić information content (AvgIpc) is 2.49. The van der Waals surface area contributed by atoms with Gasteiger partial charge in [-0.15, -0.1) is 0 Å². The van der Waals surface area contributed by atoms with Crippen molar-refractivity contribution >= 4 is 18.0 Å². The number of carboxylic acid groups (broad SMARTS) is 1. The highest BCUT2D eigenvalue weighted by Gasteiger charge is 2.08. The van der Waals surface area contributed by atoms with Crippen LogP contribution in [0.3, 0.4) is 0 Å². The zero-order valence-corrected chi connectivity index (χ0v) is 12.1. The number of carbonyl (C=O) groups is 2. The Morgan fingerprint density at radius 1 is 1.29 bits per heavy atom. The standard InChI is InChI=1S/C16H19NO4/c1-3-10-21-16(20)11(2)14(17)9-6-12-4-7-13(8-5-12)15(18)19/h4-9H,3,10,17H2,1-2H3,(H,18,19). The third kappa shape index (κ3) is 5.14. The van der Waals surface area contributed by atoms with Crippen LogP contribution in [-0.4, -0.2) is 23.7 Å². The van der Waals surface area contributed by atoms with E-state index in [9.17, 15) is 9.59 Å². The summed E-state index contributed by atoms with van der Waals surface area (Å²) in [6, 6.07) is 6.34. The summed E-state index contributed by atoms with van der Waals surface area (Å²) in [5.74, 6) is -1.40. The molecule has 112 valence electrons. The van der Waals surface area contributed by atoms with E-state index in [4.69, 9.17) is 15.6 Å². The number of hydrogen-bond acceptors (Lipinski definition) is 4. The Balaban J connectivity index is 2.78. The van der Waals surface area contributed by atoms with Gasteiger partial charge in [0.25, 0.3) is 0 Å². The largest absolute Gasteiger partial charge is 0.478 e. The van der Waals surface area contributed by atoms with Gasteiger partial charge >= 0.3 is 11.9 Å². The molecule has 0 saturated heterocycles. The number of allylic oxidation sites excluding steroid dienone is 1. The molecule has 3 N–H and O–H groups in total. The van der Waals surface area contributed by atoms with Crippen LogP contribution in [0.25, 0.3) is 6.08 Å². The van der Waals surface area contributed by atoms with E-state index in [0.29, 0.717) is 17.9 Å². The van der Waals surface area contributed by atoms with Gasteiger partial charge in [0.2, 0.25) is 0 Å². The first-order valence-electron chi connectivity index (χ1n) is 6.60. The lowest BCUT2D eigenvalue weighted by atomic mass is 10.1. The second-order valence-corrected chi connectivity index (χ2v) is 4.48. The molecule has 0 aliphatic carbocycles. The van der Waals surface area contributed by atoms with Crippen molar-refractivity contribution in [2.45, 2.75) is 20.3 Å². The quantitative estimate of drug-likeness (QED) is 0.477. The Morgan fingerprint density at radius 2 is 1.90 bits per heavy atom. The van der Waals surface area contributed by atoms with Gasteiger partial charge in [-0.3, -0.25) is 0 Å². The minimum atomic E-state index is -0.973. The normalized spacial score (nSPS) is 12.1. The Morgan fingerprint density at radius 3 is 2.43 bits per heavy atom. The van der Waals surface area contributed by atoms with Gasteiger partial charge in [-0.2, -0.15) is 0 Å². The molecular formula is C16H19NO4. The van der Waals surface area contributed by atoms with Crippen LogP contribution >= 0.6 is 0 Å². The zero-order chi connectivity index (χ0) is 15.8. The molecule has 0 heterocycles. The molecule has 0 saturated carbocycles. The molecule has 0 aliphatic rings. The second kappa shape index (κ2) is 7.89. The zero-order valence-electron chi connectivity index (χ0n) is 12.1. The van der Waals surface area contributed by atoms with Crippen molar-refractivity contribution in [3.63, 3.8) is 0 Å². The van der Waals surface area contributed by atoms with Gasteiger partial charge in [0.1, 0.15) is 0 Å². The van der Waals surface area contributed by atoms with Gasteiger partial charge in [-0.1, -0.05) is 25.1 Å². The van der Waals surface area contributed by atoms with Crippen molar-refractivity contribution in [1.29, 1.82) is 0 Å². The topological polar surface area (TPSA) is 89.6 Å². The molecule has 0 bridgehead atoms. The van der Waals surface area contributed by atoms with Crippen LogP contribution in [0.4, 0.5) is 0 Å². The number of ether oxygens (including phenoxy) is 1. The van der Waals surface area contributed by atoms with E-state index in [1.54, 1.807) is 31.2 Å². The Hall–Kier alpha value is -2.56. The molecule has 0 aliphatic heterocycles. The summed E-state index contributed by atoms with van der Waals surface area (Å²) < 4.78 is 4.99. The van der Waals surface area contributed by atoms with Gasteiger partial charge in [0.15, 0.2) is 0 Å². The first-order valence-corrected chi connectivity index (χ1v) is 6.60. The van der Waals surface area contributed by atoms with Crippen LogP contribution in [0.1, 0.15) is 36.2 Å². The summed E-state index contributed by atoms with van der Waals surface area (Å²) in [6.07, 6.45) is 4.06. The summed E-state index contributed by atoms with van der Waals surface area (Å²) in [4.78, 5) is 22.3. The highest BCUT2D eigenvalue weighted by Crippen LogP contribution is 2.09. The molecule has 0 unspecified atom stereocenters. The molecule has 0 spiro atoms. The fourth-order valence-electron chi connectivity index (χ4n) is 1.47. The molecule has 0 aromatic heterocycles. The number of rotatable bonds is 6. The lowest BCUT2D eigenvalue weighted by molar-refractivity contribution is -0.139. The van der Waals surface area contributed by atoms with Crippen molar-refractivity contribution in [2.75, 3.05) is 6.61 Å². The minimum absolute atomic E-state index is 0.218. The van der Waals surface area contributed by atoms with Crippen molar-refractivity contribution in [3.05, 3.63) is 52.7 Å². The molecule has 1 aromatic rings. The van der Waals surface area contributed by atoms with Gasteiger partial charge in [-0.25, -0.2) is 9.59 Å². The van der Waals surface area contributed by atoms with Crippen molar-refractivity contribution in [1.82, 2.24) is 0 Å². The maximum Gasteiger partial charge on any atom is 0.335 e. The Bertz CT molecular complexity index is 570. The van der Waals surface area contributed by atoms with E-state index in [1.807, 2.05) is 6.92 Å². The molecule has 1 rings (SSSR count). The molecule has 1 aromatic carbocycles. The van der Waals surface area contributed by atoms with E-state index in [-0.39, 0.29) is 5.56 Å². The first-order chi connectivity index (χ1) is 9.95. The van der Waals surface area contributed by atoms with Crippen molar-refractivity contribution in [2.24, 2.45) is 5.73 Å². The summed E-state index contributed by atoms with van der Waals surface area (Å²) >= 11 is 0. The number of hydrogen-bond donors (Lipinski definition) is 2. The molecule has 5 nitrogen and oxygen atoms in total. The fourth-order valence-corrected chi connectivity index (χ4v) is 1.47. The van der Waals surface area contributed by atoms with E-state index >= 15 is 0 Å². The van der Waals surface area contributed by atoms with Crippen LogP contribution in [0.5, 0.6) is 0 Å². The number of nitrogens with two attached hydrogens (primary N) is 1. The van der Waals surface area contributed by atoms with Crippen LogP contribution in [0, 0.1) is 0 Å². The van der Waals surface area contributed by atoms with Gasteiger partial charge in [0, 0.05) is 5.70 Å². The minimum Gasteiger partial charge on any atom is -0.478 e. The average molecular weight is 289 g/mol. The van der Waals surface area contributed by atoms with Gasteiger partial charge in [-0.05, 0) is 37.1 Å². The lowest BCUT2D eigenvalue weighted by Crippen LogP contribution is -2.11. The molecule has 0 amide bonds. The predicted molar refractivity (Wildman–Crippen MR) is 80.6 cm³/mol. The van der Waals surface area contributed by atoms with Crippen LogP contribution in [0.2, 0.25) is 0 Å². The fraction of sp³-hybridized carbons (Fsp3) is 0.250. The van der Waals surface area contributed by atoms with E-state index < -0.39 is 11.9 Å². The van der Waals surface area contributed by atoms with E-state index in [1.165, 1.54) is 12.1 Å². The SMILES string of the molecule is CCCOC(=O)C(C)=C(N)C=Cc1ccc(C(=O)O)cc1. The number of benzene rings is 1. The van der Waals surface area contributed by atoms with Crippen LogP contribution in [-0.2, 0) is 9.53 Å². The highest BCUT2D eigenvalue weighted by molar-refractivity contribution is 5.89. The van der Waals surface area contributed by atoms with Gasteiger partial charge in [0.05, 0.1) is 17.7 Å². The van der Waals surface area contributed by atoms with Crippen molar-refractivity contribution in [3.8, 4) is 0 Å². The second-order valence-electron chi connectivity index (χ2n) is 4.48. The first kappa shape index (κ1) is 16.5. The lowest BCUT2D eigenvalue weighted by Gasteiger charge is -2.04. The van der Waals surface area contributed by atoms with Gasteiger partial charge < -0.3 is 15.6 Å². The maximum atomic E-state index is 11.6. The summed E-state index contributed by atoms with van der Waals surface area (Å²) in [6.45, 7) is 3.88. The van der Waals surface area contributed by atoms with Crippen LogP contribution in [0.15, 0.2) is 41.6 Å². The Labute approximate surface area is 123 Å². The number of esters is 1. The van der Waals surface area contributed by atoms with Crippen molar-refractivity contribution < 1.29 is 19.4 Å². The third-order valence-electron chi connectivity index (χ3n) is 2.79. The summed E-state index contributed by atoms with van der Waals surface area (Å²) in [7, 11) is 0. The summed E-state index contributed by atoms with van der Waals surface area (Å²) in [5.41, 5.74) is 7.49. The molecule has 0 fully saturated rings. The van der Waals surface area contributed by atoms with E-state index in [2.05, 4.69) is 0 Å². The van der Waals surface area contributed by atoms with Crippen LogP contribution < -0.4 is 5.73 Å². The molecule has 5 heteroatoms. The maximum absolute atomic E-state index is 11.6. The number of carboxylic acids is 1. The number of carbonyl (C=O) groups excluding carboxylic acids is 1. The summed E-state index contributed by atoms with van der Waals surface area (Å²) in [5, 5.41) is 8.80. The number of aromatic carboxylic acids is 1. The third-order valence-corrected chi connectivity index (χ3v) is 2.79. The monoisotopic (exact) mass is 289 g/mol. The predicted octanol–water partition coefficient (Wildman–Crippen LogP) is 2.58. The Kier molecular flexibility index (Phi) is 6.20. The molecule has 0 radical (unpaired) electrons. The smallest absolute Gasteiger partial charge is 0.335 e. The molecule has 0 atom stereocenters. The molecular weight excluding hydrogens is 270 g/mol.